The highest BCUT2D eigenvalue weighted by atomic mass is 16.5. The molecule has 4 heteroatoms. The SMILES string of the molecule is Cc1ccc2c(NC3CC4(CCCC4)Oc4ccccc43)nccc2n1. The molecule has 1 unspecified atom stereocenters. The minimum Gasteiger partial charge on any atom is -0.487 e. The molecule has 1 N–H and O–H groups in total. The first-order chi connectivity index (χ1) is 12.7. The number of fused-ring (bicyclic) bond motifs is 2. The topological polar surface area (TPSA) is 47.0 Å². The number of aryl methyl sites for hydroxylation is 1. The first kappa shape index (κ1) is 15.6. The predicted octanol–water partition coefficient (Wildman–Crippen LogP) is 5.19. The molecule has 0 amide bonds. The minimum atomic E-state index is -0.0224. The summed E-state index contributed by atoms with van der Waals surface area (Å²) in [5.74, 6) is 1.93. The summed E-state index contributed by atoms with van der Waals surface area (Å²) in [6.07, 6.45) is 7.62. The number of nitrogens with one attached hydrogen (secondary N) is 1. The van der Waals surface area contributed by atoms with Gasteiger partial charge in [0.25, 0.3) is 0 Å². The fourth-order valence-corrected chi connectivity index (χ4v) is 4.51. The average molecular weight is 345 g/mol. The number of benzene rings is 1. The first-order valence-electron chi connectivity index (χ1n) is 9.49. The summed E-state index contributed by atoms with van der Waals surface area (Å²) >= 11 is 0. The Morgan fingerprint density at radius 2 is 1.92 bits per heavy atom. The van der Waals surface area contributed by atoms with Crippen LogP contribution in [0.15, 0.2) is 48.7 Å². The van der Waals surface area contributed by atoms with E-state index in [1.54, 1.807) is 0 Å². The lowest BCUT2D eigenvalue weighted by atomic mass is 9.86. The molecule has 0 bridgehead atoms. The average Bonchev–Trinajstić information content (AvgIpc) is 3.09. The lowest BCUT2D eigenvalue weighted by Gasteiger charge is -2.40. The standard InChI is InChI=1S/C22H23N3O/c1-15-8-9-17-18(24-15)10-13-23-21(17)25-19-14-22(11-4-5-12-22)26-20-7-3-2-6-16(19)20/h2-3,6-10,13,19H,4-5,11-12,14H2,1H3,(H,23,25). The van der Waals surface area contributed by atoms with E-state index in [1.165, 1.54) is 18.4 Å². The second-order valence-corrected chi connectivity index (χ2v) is 7.61. The van der Waals surface area contributed by atoms with Gasteiger partial charge in [-0.2, -0.15) is 0 Å². The molecule has 26 heavy (non-hydrogen) atoms. The first-order valence-corrected chi connectivity index (χ1v) is 9.49. The molecular formula is C22H23N3O. The summed E-state index contributed by atoms with van der Waals surface area (Å²) in [7, 11) is 0. The number of ether oxygens (including phenoxy) is 1. The molecule has 4 nitrogen and oxygen atoms in total. The zero-order valence-corrected chi connectivity index (χ0v) is 15.0. The number of nitrogens with zero attached hydrogens (tertiary/aromatic N) is 2. The van der Waals surface area contributed by atoms with Crippen molar-refractivity contribution in [2.45, 2.75) is 50.7 Å². The van der Waals surface area contributed by atoms with Crippen molar-refractivity contribution in [2.75, 3.05) is 5.32 Å². The summed E-state index contributed by atoms with van der Waals surface area (Å²) in [4.78, 5) is 9.27. The van der Waals surface area contributed by atoms with Gasteiger partial charge in [-0.25, -0.2) is 4.98 Å². The molecule has 1 saturated carbocycles. The van der Waals surface area contributed by atoms with Crippen molar-refractivity contribution in [1.82, 2.24) is 9.97 Å². The molecule has 0 radical (unpaired) electrons. The van der Waals surface area contributed by atoms with Gasteiger partial charge in [0.15, 0.2) is 0 Å². The van der Waals surface area contributed by atoms with Crippen molar-refractivity contribution in [3.8, 4) is 5.75 Å². The van der Waals surface area contributed by atoms with Gasteiger partial charge in [-0.1, -0.05) is 18.2 Å². The highest BCUT2D eigenvalue weighted by Gasteiger charge is 2.43. The fraction of sp³-hybridized carbons (Fsp3) is 0.364. The Balaban J connectivity index is 1.55. The molecule has 3 heterocycles. The monoisotopic (exact) mass is 345 g/mol. The lowest BCUT2D eigenvalue weighted by molar-refractivity contribution is 0.0453. The van der Waals surface area contributed by atoms with Crippen LogP contribution in [0.1, 0.15) is 49.4 Å². The molecule has 0 saturated heterocycles. The van der Waals surface area contributed by atoms with Gasteiger partial charge < -0.3 is 10.1 Å². The van der Waals surface area contributed by atoms with E-state index in [2.05, 4.69) is 45.6 Å². The highest BCUT2D eigenvalue weighted by Crippen LogP contribution is 2.48. The highest BCUT2D eigenvalue weighted by molar-refractivity contribution is 5.89. The Hall–Kier alpha value is -2.62. The van der Waals surface area contributed by atoms with Gasteiger partial charge in [-0.3, -0.25) is 4.98 Å². The number of aromatic nitrogens is 2. The lowest BCUT2D eigenvalue weighted by Crippen LogP contribution is -2.40. The van der Waals surface area contributed by atoms with E-state index >= 15 is 0 Å². The molecule has 1 aliphatic heterocycles. The number of hydrogen-bond acceptors (Lipinski definition) is 4. The zero-order valence-electron chi connectivity index (χ0n) is 15.0. The molecule has 3 aromatic rings. The van der Waals surface area contributed by atoms with Crippen LogP contribution in [0.3, 0.4) is 0 Å². The van der Waals surface area contributed by atoms with E-state index in [0.717, 1.165) is 47.4 Å². The molecule has 2 aliphatic rings. The zero-order chi connectivity index (χ0) is 17.6. The molecule has 1 aromatic carbocycles. The summed E-state index contributed by atoms with van der Waals surface area (Å²) in [6.45, 7) is 2.02. The molecule has 5 rings (SSSR count). The molecular weight excluding hydrogens is 322 g/mol. The van der Waals surface area contributed by atoms with Crippen LogP contribution in [0, 0.1) is 6.92 Å². The van der Waals surface area contributed by atoms with Gasteiger partial charge in [0.05, 0.1) is 11.6 Å². The van der Waals surface area contributed by atoms with Crippen LogP contribution in [0.5, 0.6) is 5.75 Å². The Bertz CT molecular complexity index is 963. The largest absolute Gasteiger partial charge is 0.487 e. The van der Waals surface area contributed by atoms with Crippen LogP contribution in [-0.2, 0) is 0 Å². The third-order valence-corrected chi connectivity index (χ3v) is 5.78. The summed E-state index contributed by atoms with van der Waals surface area (Å²) < 4.78 is 6.48. The van der Waals surface area contributed by atoms with E-state index in [1.807, 2.05) is 25.3 Å². The minimum absolute atomic E-state index is 0.0224. The Morgan fingerprint density at radius 1 is 1.08 bits per heavy atom. The van der Waals surface area contributed by atoms with Crippen molar-refractivity contribution in [2.24, 2.45) is 0 Å². The number of anilines is 1. The van der Waals surface area contributed by atoms with E-state index in [4.69, 9.17) is 4.74 Å². The van der Waals surface area contributed by atoms with Crippen LogP contribution >= 0.6 is 0 Å². The normalized spacial score (nSPS) is 20.7. The van der Waals surface area contributed by atoms with Crippen molar-refractivity contribution >= 4 is 16.7 Å². The Labute approximate surface area is 153 Å². The number of rotatable bonds is 2. The van der Waals surface area contributed by atoms with Crippen LogP contribution in [0.2, 0.25) is 0 Å². The molecule has 132 valence electrons. The second kappa shape index (κ2) is 5.97. The smallest absolute Gasteiger partial charge is 0.135 e. The van der Waals surface area contributed by atoms with Crippen molar-refractivity contribution < 1.29 is 4.74 Å². The van der Waals surface area contributed by atoms with Crippen molar-refractivity contribution in [3.63, 3.8) is 0 Å². The third kappa shape index (κ3) is 2.61. The van der Waals surface area contributed by atoms with Crippen LogP contribution < -0.4 is 10.1 Å². The second-order valence-electron chi connectivity index (χ2n) is 7.61. The summed E-state index contributed by atoms with van der Waals surface area (Å²) in [5, 5.41) is 4.79. The number of para-hydroxylation sites is 1. The number of hydrogen-bond donors (Lipinski definition) is 1. The van der Waals surface area contributed by atoms with Crippen molar-refractivity contribution in [3.05, 3.63) is 59.9 Å². The van der Waals surface area contributed by atoms with Gasteiger partial charge in [-0.15, -0.1) is 0 Å². The fourth-order valence-electron chi connectivity index (χ4n) is 4.51. The predicted molar refractivity (Wildman–Crippen MR) is 104 cm³/mol. The van der Waals surface area contributed by atoms with E-state index in [-0.39, 0.29) is 11.6 Å². The molecule has 1 spiro atoms. The van der Waals surface area contributed by atoms with Crippen molar-refractivity contribution in [1.29, 1.82) is 0 Å². The summed E-state index contributed by atoms with van der Waals surface area (Å²) in [5.41, 5.74) is 3.21. The van der Waals surface area contributed by atoms with Gasteiger partial charge in [0.2, 0.25) is 0 Å². The maximum absolute atomic E-state index is 6.48. The van der Waals surface area contributed by atoms with Crippen LogP contribution in [-0.4, -0.2) is 15.6 Å². The van der Waals surface area contributed by atoms with Gasteiger partial charge >= 0.3 is 0 Å². The van der Waals surface area contributed by atoms with E-state index < -0.39 is 0 Å². The van der Waals surface area contributed by atoms with Gasteiger partial charge in [0, 0.05) is 29.3 Å². The third-order valence-electron chi connectivity index (χ3n) is 5.78. The Morgan fingerprint density at radius 3 is 2.81 bits per heavy atom. The van der Waals surface area contributed by atoms with Crippen LogP contribution in [0.4, 0.5) is 5.82 Å². The van der Waals surface area contributed by atoms with Gasteiger partial charge in [-0.05, 0) is 56.9 Å². The Kier molecular flexibility index (Phi) is 3.59. The molecule has 1 aliphatic carbocycles. The molecule has 2 aromatic heterocycles. The maximum atomic E-state index is 6.48. The van der Waals surface area contributed by atoms with Crippen LogP contribution in [0.25, 0.3) is 10.9 Å². The maximum Gasteiger partial charge on any atom is 0.135 e. The quantitative estimate of drug-likeness (QED) is 0.694. The number of pyridine rings is 2. The molecule has 1 atom stereocenters. The van der Waals surface area contributed by atoms with Gasteiger partial charge in [0.1, 0.15) is 17.2 Å². The van der Waals surface area contributed by atoms with E-state index in [0.29, 0.717) is 0 Å². The summed E-state index contributed by atoms with van der Waals surface area (Å²) in [6, 6.07) is 14.8. The molecule has 1 fully saturated rings. The van der Waals surface area contributed by atoms with E-state index in [9.17, 15) is 0 Å².